The summed E-state index contributed by atoms with van der Waals surface area (Å²) in [5.74, 6) is 0.893. The van der Waals surface area contributed by atoms with Gasteiger partial charge in [-0.3, -0.25) is 4.79 Å². The summed E-state index contributed by atoms with van der Waals surface area (Å²) in [6.45, 7) is 16.2. The number of carbonyl (C=O) groups is 1. The molecule has 3 saturated heterocycles. The SMILES string of the molecule is CC1(C)CC[C@@]23CC[C@]4(C)[C@@](OC2=O)([C@@H]3C1)[C@H]1O[C@H]1[C@@H]1[C@@]2(C)CC[C@H](O[C@@H]3O[C@H](CO)[C@@H](O)[C@H](O)[C@H]3O)C(C)(C)[C@@H]2CC[C@]14C. The van der Waals surface area contributed by atoms with Gasteiger partial charge in [0.1, 0.15) is 30.5 Å². The Morgan fingerprint density at radius 3 is 2.24 bits per heavy atom. The van der Waals surface area contributed by atoms with Gasteiger partial charge < -0.3 is 39.4 Å². The van der Waals surface area contributed by atoms with Crippen molar-refractivity contribution in [1.82, 2.24) is 0 Å². The van der Waals surface area contributed by atoms with Crippen molar-refractivity contribution >= 4 is 5.97 Å². The van der Waals surface area contributed by atoms with Crippen LogP contribution < -0.4 is 0 Å². The van der Waals surface area contributed by atoms with Crippen LogP contribution in [0, 0.1) is 50.2 Å². The van der Waals surface area contributed by atoms with E-state index in [-0.39, 0.29) is 62.7 Å². The topological polar surface area (TPSA) is 138 Å². The molecule has 0 aromatic carbocycles. The van der Waals surface area contributed by atoms with Gasteiger partial charge in [-0.2, -0.15) is 0 Å². The molecule has 2 bridgehead atoms. The highest BCUT2D eigenvalue weighted by atomic mass is 16.7. The molecule has 9 heteroatoms. The number of esters is 1. The van der Waals surface area contributed by atoms with Crippen LogP contribution >= 0.6 is 0 Å². The zero-order chi connectivity index (χ0) is 32.3. The maximum absolute atomic E-state index is 14.0. The molecular weight excluding hydrogens is 576 g/mol. The fourth-order valence-electron chi connectivity index (χ4n) is 13.7. The van der Waals surface area contributed by atoms with E-state index in [0.29, 0.717) is 11.8 Å². The second-order valence-corrected chi connectivity index (χ2v) is 18.8. The molecule has 5 aliphatic carbocycles. The number of carbonyl (C=O) groups excluding carboxylic acids is 1. The molecule has 9 nitrogen and oxygen atoms in total. The van der Waals surface area contributed by atoms with Gasteiger partial charge in [0, 0.05) is 11.3 Å². The van der Waals surface area contributed by atoms with Crippen molar-refractivity contribution < 1.29 is 44.2 Å². The summed E-state index contributed by atoms with van der Waals surface area (Å²) in [7, 11) is 0. The van der Waals surface area contributed by atoms with Crippen molar-refractivity contribution in [2.45, 2.75) is 161 Å². The molecule has 0 unspecified atom stereocenters. The molecule has 4 N–H and O–H groups in total. The zero-order valence-corrected chi connectivity index (χ0v) is 28.3. The lowest BCUT2D eigenvalue weighted by Gasteiger charge is -2.72. The second kappa shape index (κ2) is 9.25. The number of ether oxygens (including phenoxy) is 4. The third kappa shape index (κ3) is 3.57. The van der Waals surface area contributed by atoms with Gasteiger partial charge in [-0.15, -0.1) is 0 Å². The molecule has 45 heavy (non-hydrogen) atoms. The Morgan fingerprint density at radius 1 is 0.822 bits per heavy atom. The number of hydrogen-bond acceptors (Lipinski definition) is 9. The summed E-state index contributed by atoms with van der Waals surface area (Å²) in [4.78, 5) is 14.0. The van der Waals surface area contributed by atoms with Crippen LogP contribution in [0.15, 0.2) is 0 Å². The molecule has 254 valence electrons. The standard InChI is InChI=1S/C36H56O9/c1-30(2)12-14-35-15-13-34(7)33(6)11-8-19-31(3,4)21(43-28-24(40)23(39)22(38)18(17-37)42-28)9-10-32(19,5)26(33)25-27(44-25)36(34,20(35)16-30)45-29(35)41/h18-28,37-40H,8-17H2,1-7H3/t18-,19+,20-,21+,22-,23+,24-,25+,26-,27+,28+,32+,33-,34+,35+,36-/m1/s1. The van der Waals surface area contributed by atoms with Crippen molar-refractivity contribution in [3.05, 3.63) is 0 Å². The van der Waals surface area contributed by atoms with Gasteiger partial charge >= 0.3 is 5.97 Å². The maximum Gasteiger partial charge on any atom is 0.313 e. The van der Waals surface area contributed by atoms with Crippen LogP contribution in [0.3, 0.4) is 0 Å². The first kappa shape index (κ1) is 31.5. The molecule has 1 spiro atoms. The first-order chi connectivity index (χ1) is 20.9. The smallest absolute Gasteiger partial charge is 0.313 e. The normalized spacial score (nSPS) is 60.3. The Kier molecular flexibility index (Phi) is 6.46. The minimum absolute atomic E-state index is 0.0290. The molecule has 3 heterocycles. The van der Waals surface area contributed by atoms with Crippen molar-refractivity contribution in [1.29, 1.82) is 0 Å². The first-order valence-corrected chi connectivity index (χ1v) is 17.8. The van der Waals surface area contributed by atoms with Crippen LogP contribution in [-0.4, -0.2) is 87.6 Å². The van der Waals surface area contributed by atoms with Gasteiger partial charge in [0.2, 0.25) is 0 Å². The molecule has 0 aromatic rings. The number of aliphatic hydroxyl groups excluding tert-OH is 4. The fourth-order valence-corrected chi connectivity index (χ4v) is 13.7. The third-order valence-electron chi connectivity index (χ3n) is 16.3. The Morgan fingerprint density at radius 2 is 1.53 bits per heavy atom. The van der Waals surface area contributed by atoms with E-state index >= 15 is 0 Å². The molecule has 8 aliphatic rings. The Bertz CT molecular complexity index is 1270. The van der Waals surface area contributed by atoms with E-state index in [2.05, 4.69) is 48.5 Å². The Labute approximate surface area is 267 Å². The summed E-state index contributed by atoms with van der Waals surface area (Å²) < 4.78 is 26.0. The van der Waals surface area contributed by atoms with Gasteiger partial charge in [0.25, 0.3) is 0 Å². The molecule has 16 atom stereocenters. The van der Waals surface area contributed by atoms with Crippen LogP contribution in [-0.2, 0) is 23.7 Å². The Balaban J connectivity index is 1.11. The second-order valence-electron chi connectivity index (χ2n) is 18.8. The highest BCUT2D eigenvalue weighted by Gasteiger charge is 2.89. The van der Waals surface area contributed by atoms with E-state index in [0.717, 1.165) is 57.8 Å². The predicted octanol–water partition coefficient (Wildman–Crippen LogP) is 3.72. The van der Waals surface area contributed by atoms with E-state index in [4.69, 9.17) is 18.9 Å². The fraction of sp³-hybridized carbons (Fsp3) is 0.972. The molecule has 0 radical (unpaired) electrons. The summed E-state index contributed by atoms with van der Waals surface area (Å²) in [6.07, 6.45) is 2.07. The summed E-state index contributed by atoms with van der Waals surface area (Å²) in [5.41, 5.74) is -1.27. The number of hydrogen-bond donors (Lipinski definition) is 4. The van der Waals surface area contributed by atoms with Crippen LogP contribution in [0.2, 0.25) is 0 Å². The van der Waals surface area contributed by atoms with E-state index < -0.39 is 42.9 Å². The minimum Gasteiger partial charge on any atom is -0.455 e. The molecule has 0 amide bonds. The van der Waals surface area contributed by atoms with Crippen molar-refractivity contribution in [3.63, 3.8) is 0 Å². The average molecular weight is 633 g/mol. The zero-order valence-electron chi connectivity index (χ0n) is 28.3. The van der Waals surface area contributed by atoms with Crippen LogP contribution in [0.25, 0.3) is 0 Å². The van der Waals surface area contributed by atoms with Gasteiger partial charge in [-0.25, -0.2) is 0 Å². The van der Waals surface area contributed by atoms with Crippen LogP contribution in [0.1, 0.15) is 106 Å². The summed E-state index contributed by atoms with van der Waals surface area (Å²) >= 11 is 0. The monoisotopic (exact) mass is 632 g/mol. The van der Waals surface area contributed by atoms with Crippen molar-refractivity contribution in [2.75, 3.05) is 6.61 Å². The summed E-state index contributed by atoms with van der Waals surface area (Å²) in [6, 6.07) is 0. The molecular formula is C36H56O9. The van der Waals surface area contributed by atoms with Crippen molar-refractivity contribution in [2.24, 2.45) is 50.2 Å². The van der Waals surface area contributed by atoms with Crippen molar-refractivity contribution in [3.8, 4) is 0 Å². The molecule has 8 rings (SSSR count). The maximum atomic E-state index is 14.0. The number of fused-ring (bicyclic) bond motifs is 6. The van der Waals surface area contributed by atoms with Gasteiger partial charge in [-0.05, 0) is 91.3 Å². The average Bonchev–Trinajstić information content (AvgIpc) is 3.72. The lowest BCUT2D eigenvalue weighted by Crippen LogP contribution is -2.75. The van der Waals surface area contributed by atoms with E-state index in [9.17, 15) is 25.2 Å². The van der Waals surface area contributed by atoms with E-state index in [1.165, 1.54) is 0 Å². The highest BCUT2D eigenvalue weighted by Crippen LogP contribution is 2.83. The third-order valence-corrected chi connectivity index (χ3v) is 16.3. The summed E-state index contributed by atoms with van der Waals surface area (Å²) in [5, 5.41) is 41.2. The first-order valence-electron chi connectivity index (χ1n) is 17.8. The minimum atomic E-state index is -1.46. The highest BCUT2D eigenvalue weighted by molar-refractivity contribution is 5.82. The van der Waals surface area contributed by atoms with Crippen LogP contribution in [0.5, 0.6) is 0 Å². The molecule has 0 aromatic heterocycles. The lowest BCUT2D eigenvalue weighted by atomic mass is 9.31. The number of rotatable bonds is 3. The molecule has 5 saturated carbocycles. The van der Waals surface area contributed by atoms with Crippen LogP contribution in [0.4, 0.5) is 0 Å². The van der Waals surface area contributed by atoms with E-state index in [1.807, 2.05) is 0 Å². The molecule has 8 fully saturated rings. The molecule has 3 aliphatic heterocycles. The van der Waals surface area contributed by atoms with Gasteiger partial charge in [0.15, 0.2) is 11.9 Å². The lowest BCUT2D eigenvalue weighted by molar-refractivity contribution is -0.333. The quantitative estimate of drug-likeness (QED) is 0.208. The number of aliphatic hydroxyl groups is 4. The number of epoxide rings is 1. The van der Waals surface area contributed by atoms with Gasteiger partial charge in [0.05, 0.1) is 24.2 Å². The predicted molar refractivity (Wildman–Crippen MR) is 162 cm³/mol. The van der Waals surface area contributed by atoms with E-state index in [1.54, 1.807) is 0 Å². The largest absolute Gasteiger partial charge is 0.455 e. The Hall–Kier alpha value is -0.810. The van der Waals surface area contributed by atoms with Gasteiger partial charge in [-0.1, -0.05) is 48.5 Å².